The molecule has 53 heavy (non-hydrogen) atoms. The van der Waals surface area contributed by atoms with E-state index in [1.54, 1.807) is 25.2 Å². The number of benzene rings is 4. The van der Waals surface area contributed by atoms with Gasteiger partial charge < -0.3 is 18.9 Å². The van der Waals surface area contributed by atoms with Crippen LogP contribution in [0, 0.1) is 22.7 Å². The molecule has 2 unspecified atom stereocenters. The number of para-hydroxylation sites is 2. The first kappa shape index (κ1) is 35.2. The first-order valence-corrected chi connectivity index (χ1v) is 18.5. The molecular formula is C47H44N4O2. The zero-order valence-electron chi connectivity index (χ0n) is 31.1. The summed E-state index contributed by atoms with van der Waals surface area (Å²) in [5.74, 6) is 2.96. The molecule has 2 atom stereocenters. The van der Waals surface area contributed by atoms with Crippen LogP contribution >= 0.6 is 0 Å². The molecule has 0 amide bonds. The number of hydrogen-bond acceptors (Lipinski definition) is 5. The SMILES string of the molecule is CCC(CC(C)n1c2ccccc2c2ccccc21)c1ccc(CN(CC)c2ccc3c(c2)O/C(=C/C2=CC(=C(C#N)C#N)C=C(C)O2)C=C3C)cc1. The molecule has 5 aromatic rings. The number of rotatable bonds is 10. The number of allylic oxidation sites excluding steroid dienone is 8. The molecule has 0 aliphatic carbocycles. The first-order chi connectivity index (χ1) is 25.8. The molecule has 0 bridgehead atoms. The highest BCUT2D eigenvalue weighted by atomic mass is 16.5. The van der Waals surface area contributed by atoms with Crippen LogP contribution in [0.1, 0.15) is 76.1 Å². The molecule has 0 radical (unpaired) electrons. The van der Waals surface area contributed by atoms with Crippen LogP contribution in [0.3, 0.4) is 0 Å². The molecule has 0 fully saturated rings. The van der Waals surface area contributed by atoms with Crippen LogP contribution in [-0.2, 0) is 11.3 Å². The zero-order chi connectivity index (χ0) is 37.1. The van der Waals surface area contributed by atoms with Gasteiger partial charge in [-0.1, -0.05) is 67.6 Å². The number of aromatic nitrogens is 1. The van der Waals surface area contributed by atoms with Gasteiger partial charge in [0.2, 0.25) is 0 Å². The van der Waals surface area contributed by atoms with Crippen molar-refractivity contribution in [3.63, 3.8) is 0 Å². The highest BCUT2D eigenvalue weighted by Crippen LogP contribution is 2.39. The number of anilines is 1. The molecule has 1 aromatic heterocycles. The Morgan fingerprint density at radius 3 is 2.15 bits per heavy atom. The highest BCUT2D eigenvalue weighted by Gasteiger charge is 2.21. The third-order valence-corrected chi connectivity index (χ3v) is 10.5. The van der Waals surface area contributed by atoms with Crippen molar-refractivity contribution >= 4 is 33.1 Å². The number of ether oxygens (including phenoxy) is 2. The van der Waals surface area contributed by atoms with Crippen LogP contribution in [0.2, 0.25) is 0 Å². The monoisotopic (exact) mass is 696 g/mol. The van der Waals surface area contributed by atoms with E-state index in [2.05, 4.69) is 128 Å². The van der Waals surface area contributed by atoms with E-state index in [-0.39, 0.29) is 5.57 Å². The number of nitrogens with zero attached hydrogens (tertiary/aromatic N) is 4. The summed E-state index contributed by atoms with van der Waals surface area (Å²) in [7, 11) is 0. The molecule has 0 saturated heterocycles. The van der Waals surface area contributed by atoms with Crippen LogP contribution in [0.4, 0.5) is 5.69 Å². The molecule has 264 valence electrons. The predicted molar refractivity (Wildman–Crippen MR) is 215 cm³/mol. The second-order valence-electron chi connectivity index (χ2n) is 14.0. The highest BCUT2D eigenvalue weighted by molar-refractivity contribution is 6.08. The number of fused-ring (bicyclic) bond motifs is 4. The van der Waals surface area contributed by atoms with Gasteiger partial charge in [0.1, 0.15) is 40.7 Å². The fourth-order valence-corrected chi connectivity index (χ4v) is 7.79. The summed E-state index contributed by atoms with van der Waals surface area (Å²) in [5, 5.41) is 21.4. The van der Waals surface area contributed by atoms with Crippen molar-refractivity contribution in [3.05, 3.63) is 160 Å². The average molecular weight is 697 g/mol. The van der Waals surface area contributed by atoms with Crippen LogP contribution in [0.5, 0.6) is 5.75 Å². The van der Waals surface area contributed by atoms with Crippen LogP contribution in [-0.4, -0.2) is 11.1 Å². The van der Waals surface area contributed by atoms with Gasteiger partial charge in [-0.05, 0) is 106 Å². The van der Waals surface area contributed by atoms with Gasteiger partial charge in [0, 0.05) is 69.9 Å². The Bertz CT molecular complexity index is 2370. The maximum atomic E-state index is 9.37. The normalized spacial score (nSPS) is 15.6. The second kappa shape index (κ2) is 15.2. The summed E-state index contributed by atoms with van der Waals surface area (Å²) in [6.45, 7) is 12.3. The minimum atomic E-state index is 0.0411. The largest absolute Gasteiger partial charge is 0.462 e. The van der Waals surface area contributed by atoms with Crippen LogP contribution in [0.15, 0.2) is 144 Å². The molecule has 0 N–H and O–H groups in total. The smallest absolute Gasteiger partial charge is 0.137 e. The quantitative estimate of drug-likeness (QED) is 0.136. The molecular weight excluding hydrogens is 653 g/mol. The number of hydrogen-bond donors (Lipinski definition) is 0. The lowest BCUT2D eigenvalue weighted by Crippen LogP contribution is -2.22. The molecule has 6 heteroatoms. The van der Waals surface area contributed by atoms with E-state index in [1.165, 1.54) is 32.9 Å². The van der Waals surface area contributed by atoms with Gasteiger partial charge >= 0.3 is 0 Å². The fourth-order valence-electron chi connectivity index (χ4n) is 7.79. The van der Waals surface area contributed by atoms with Gasteiger partial charge in [-0.15, -0.1) is 0 Å². The van der Waals surface area contributed by atoms with Crippen LogP contribution < -0.4 is 9.64 Å². The Hall–Kier alpha value is -6.24. The first-order valence-electron chi connectivity index (χ1n) is 18.5. The fraction of sp³-hybridized carbons (Fsp3) is 0.234. The minimum absolute atomic E-state index is 0.0411. The predicted octanol–water partition coefficient (Wildman–Crippen LogP) is 11.8. The molecule has 0 saturated carbocycles. The van der Waals surface area contributed by atoms with Gasteiger partial charge in [0.05, 0.1) is 0 Å². The Balaban J connectivity index is 1.07. The van der Waals surface area contributed by atoms with E-state index in [0.29, 0.717) is 34.8 Å². The topological polar surface area (TPSA) is 74.2 Å². The van der Waals surface area contributed by atoms with Gasteiger partial charge in [0.15, 0.2) is 0 Å². The summed E-state index contributed by atoms with van der Waals surface area (Å²) in [6.07, 6.45) is 9.31. The van der Waals surface area contributed by atoms with Gasteiger partial charge in [-0.3, -0.25) is 0 Å². The maximum Gasteiger partial charge on any atom is 0.137 e. The lowest BCUT2D eigenvalue weighted by molar-refractivity contribution is 0.313. The van der Waals surface area contributed by atoms with Crippen molar-refractivity contribution in [3.8, 4) is 17.9 Å². The van der Waals surface area contributed by atoms with Crippen molar-refractivity contribution in [1.29, 1.82) is 10.5 Å². The van der Waals surface area contributed by atoms with E-state index >= 15 is 0 Å². The van der Waals surface area contributed by atoms with Crippen molar-refractivity contribution in [2.24, 2.45) is 0 Å². The molecule has 3 heterocycles. The maximum absolute atomic E-state index is 9.37. The van der Waals surface area contributed by atoms with Crippen molar-refractivity contribution in [2.45, 2.75) is 66.0 Å². The van der Waals surface area contributed by atoms with E-state index in [1.807, 2.05) is 18.2 Å². The van der Waals surface area contributed by atoms with Crippen molar-refractivity contribution in [1.82, 2.24) is 4.57 Å². The van der Waals surface area contributed by atoms with E-state index in [4.69, 9.17) is 9.47 Å². The summed E-state index contributed by atoms with van der Waals surface area (Å²) in [4.78, 5) is 2.36. The third-order valence-electron chi connectivity index (χ3n) is 10.5. The van der Waals surface area contributed by atoms with E-state index in [0.717, 1.165) is 48.5 Å². The van der Waals surface area contributed by atoms with E-state index in [9.17, 15) is 10.5 Å². The molecule has 7 rings (SSSR count). The standard InChI is InChI=1S/C47H44N4O2/c1-6-35(23-32(4)51-45-14-10-8-12-43(45)44-13-9-11-15-46(44)51)36-18-16-34(17-19-36)30-50(7-2)39-20-21-42-31(3)22-40(53-47(42)26-39)27-41-25-37(24-33(5)52-41)38(28-48)29-49/h8-22,24-27,32,35H,6-7,23,30H2,1-5H3/b40-27+. The van der Waals surface area contributed by atoms with Crippen molar-refractivity contribution < 1.29 is 9.47 Å². The van der Waals surface area contributed by atoms with Gasteiger partial charge in [0.25, 0.3) is 0 Å². The molecule has 0 spiro atoms. The molecule has 2 aliphatic heterocycles. The van der Waals surface area contributed by atoms with E-state index < -0.39 is 0 Å². The lowest BCUT2D eigenvalue weighted by Gasteiger charge is -2.27. The molecule has 2 aliphatic rings. The minimum Gasteiger partial charge on any atom is -0.462 e. The molecule has 6 nitrogen and oxygen atoms in total. The lowest BCUT2D eigenvalue weighted by atomic mass is 9.89. The molecule has 4 aromatic carbocycles. The summed E-state index contributed by atoms with van der Waals surface area (Å²) < 4.78 is 14.8. The zero-order valence-corrected chi connectivity index (χ0v) is 31.1. The second-order valence-corrected chi connectivity index (χ2v) is 14.0. The Kier molecular flexibility index (Phi) is 10.1. The average Bonchev–Trinajstić information content (AvgIpc) is 3.51. The van der Waals surface area contributed by atoms with Crippen LogP contribution in [0.25, 0.3) is 27.4 Å². The number of nitriles is 2. The Labute approximate surface area is 312 Å². The van der Waals surface area contributed by atoms with Gasteiger partial charge in [-0.2, -0.15) is 10.5 Å². The Morgan fingerprint density at radius 2 is 1.51 bits per heavy atom. The Morgan fingerprint density at radius 1 is 0.830 bits per heavy atom. The van der Waals surface area contributed by atoms with Gasteiger partial charge in [-0.25, -0.2) is 0 Å². The van der Waals surface area contributed by atoms with Crippen molar-refractivity contribution in [2.75, 3.05) is 11.4 Å². The third kappa shape index (κ3) is 7.14. The summed E-state index contributed by atoms with van der Waals surface area (Å²) >= 11 is 0. The summed E-state index contributed by atoms with van der Waals surface area (Å²) in [5.41, 5.74) is 9.03. The summed E-state index contributed by atoms with van der Waals surface area (Å²) in [6, 6.07) is 37.5.